The van der Waals surface area contributed by atoms with E-state index < -0.39 is 0 Å². The van der Waals surface area contributed by atoms with Crippen LogP contribution in [0.2, 0.25) is 0 Å². The second kappa shape index (κ2) is 8.56. The Bertz CT molecular complexity index is 600. The van der Waals surface area contributed by atoms with Crippen molar-refractivity contribution in [1.82, 2.24) is 9.80 Å². The maximum atomic E-state index is 9.65. The molecular weight excluding hydrogens is 288 g/mol. The lowest BCUT2D eigenvalue weighted by Crippen LogP contribution is -2.24. The predicted octanol–water partition coefficient (Wildman–Crippen LogP) is 2.96. The summed E-state index contributed by atoms with van der Waals surface area (Å²) < 4.78 is 5.92. The maximum Gasteiger partial charge on any atom is 0.124 e. The molecule has 0 heterocycles. The van der Waals surface area contributed by atoms with Gasteiger partial charge in [0, 0.05) is 25.2 Å². The molecule has 0 saturated carbocycles. The Morgan fingerprint density at radius 2 is 1.70 bits per heavy atom. The van der Waals surface area contributed by atoms with Gasteiger partial charge in [0.25, 0.3) is 0 Å². The molecule has 0 bridgehead atoms. The van der Waals surface area contributed by atoms with Gasteiger partial charge in [-0.3, -0.25) is 4.90 Å². The average Bonchev–Trinajstić information content (AvgIpc) is 2.50. The molecule has 0 atom stereocenters. The highest BCUT2D eigenvalue weighted by Gasteiger charge is 2.07. The molecule has 4 heteroatoms. The highest BCUT2D eigenvalue weighted by Crippen LogP contribution is 2.24. The minimum Gasteiger partial charge on any atom is -0.508 e. The highest BCUT2D eigenvalue weighted by molar-refractivity contribution is 5.39. The smallest absolute Gasteiger partial charge is 0.124 e. The molecular formula is C19H26N2O2. The van der Waals surface area contributed by atoms with Crippen LogP contribution in [0.15, 0.2) is 48.5 Å². The Hall–Kier alpha value is -2.04. The number of ether oxygens (including phenoxy) is 1. The van der Waals surface area contributed by atoms with Crippen molar-refractivity contribution < 1.29 is 9.84 Å². The van der Waals surface area contributed by atoms with Gasteiger partial charge in [-0.05, 0) is 44.9 Å². The fourth-order valence-corrected chi connectivity index (χ4v) is 2.46. The molecule has 23 heavy (non-hydrogen) atoms. The number of phenols is 1. The van der Waals surface area contributed by atoms with Crippen molar-refractivity contribution in [2.24, 2.45) is 0 Å². The summed E-state index contributed by atoms with van der Waals surface area (Å²) in [6.07, 6.45) is 0. The lowest BCUT2D eigenvalue weighted by molar-refractivity contribution is 0.229. The normalized spacial score (nSPS) is 11.2. The van der Waals surface area contributed by atoms with E-state index in [0.717, 1.165) is 30.9 Å². The summed E-state index contributed by atoms with van der Waals surface area (Å²) in [5.41, 5.74) is 2.30. The van der Waals surface area contributed by atoms with Gasteiger partial charge >= 0.3 is 0 Å². The standard InChI is InChI=1S/C19H26N2O2/c1-20(2)15-17-13-18(22)9-10-19(17)23-12-11-21(3)14-16-7-5-4-6-8-16/h4-10,13,22H,11-12,14-15H2,1-3H3. The summed E-state index contributed by atoms with van der Waals surface area (Å²) >= 11 is 0. The average molecular weight is 314 g/mol. The van der Waals surface area contributed by atoms with Gasteiger partial charge in [0.1, 0.15) is 18.1 Å². The monoisotopic (exact) mass is 314 g/mol. The van der Waals surface area contributed by atoms with Gasteiger partial charge in [-0.2, -0.15) is 0 Å². The molecule has 0 aliphatic carbocycles. The van der Waals surface area contributed by atoms with Crippen molar-refractivity contribution in [1.29, 1.82) is 0 Å². The molecule has 124 valence electrons. The molecule has 4 nitrogen and oxygen atoms in total. The lowest BCUT2D eigenvalue weighted by Gasteiger charge is -2.19. The SMILES string of the molecule is CN(C)Cc1cc(O)ccc1OCCN(C)Cc1ccccc1. The molecule has 0 aromatic heterocycles. The molecule has 0 radical (unpaired) electrons. The van der Waals surface area contributed by atoms with Gasteiger partial charge < -0.3 is 14.7 Å². The van der Waals surface area contributed by atoms with Crippen LogP contribution in [0.4, 0.5) is 0 Å². The van der Waals surface area contributed by atoms with Crippen molar-refractivity contribution in [2.45, 2.75) is 13.1 Å². The summed E-state index contributed by atoms with van der Waals surface area (Å²) in [6, 6.07) is 15.7. The number of rotatable bonds is 8. The molecule has 2 aromatic carbocycles. The third kappa shape index (κ3) is 5.93. The first-order valence-electron chi connectivity index (χ1n) is 7.86. The first-order chi connectivity index (χ1) is 11.0. The Morgan fingerprint density at radius 1 is 0.957 bits per heavy atom. The lowest BCUT2D eigenvalue weighted by atomic mass is 10.2. The second-order valence-corrected chi connectivity index (χ2v) is 6.10. The van der Waals surface area contributed by atoms with E-state index in [0.29, 0.717) is 6.61 Å². The van der Waals surface area contributed by atoms with Crippen molar-refractivity contribution >= 4 is 0 Å². The molecule has 0 saturated heterocycles. The number of hydrogen-bond acceptors (Lipinski definition) is 4. The number of benzene rings is 2. The third-order valence-corrected chi connectivity index (χ3v) is 3.56. The molecule has 1 N–H and O–H groups in total. The minimum atomic E-state index is 0.274. The first kappa shape index (κ1) is 17.3. The van der Waals surface area contributed by atoms with Crippen LogP contribution in [0, 0.1) is 0 Å². The Balaban J connectivity index is 1.86. The first-order valence-corrected chi connectivity index (χ1v) is 7.86. The van der Waals surface area contributed by atoms with Crippen molar-refractivity contribution in [2.75, 3.05) is 34.3 Å². The van der Waals surface area contributed by atoms with Crippen LogP contribution >= 0.6 is 0 Å². The van der Waals surface area contributed by atoms with Crippen LogP contribution in [-0.2, 0) is 13.1 Å². The molecule has 0 aliphatic rings. The number of hydrogen-bond donors (Lipinski definition) is 1. The minimum absolute atomic E-state index is 0.274. The predicted molar refractivity (Wildman–Crippen MR) is 93.8 cm³/mol. The van der Waals surface area contributed by atoms with Gasteiger partial charge in [0.15, 0.2) is 0 Å². The molecule has 0 unspecified atom stereocenters. The van der Waals surface area contributed by atoms with Crippen LogP contribution in [0.25, 0.3) is 0 Å². The molecule has 0 amide bonds. The van der Waals surface area contributed by atoms with Crippen molar-refractivity contribution in [3.63, 3.8) is 0 Å². The number of aromatic hydroxyl groups is 1. The van der Waals surface area contributed by atoms with Crippen LogP contribution in [0.5, 0.6) is 11.5 Å². The van der Waals surface area contributed by atoms with E-state index in [2.05, 4.69) is 41.1 Å². The summed E-state index contributed by atoms with van der Waals surface area (Å²) in [6.45, 7) is 3.11. The van der Waals surface area contributed by atoms with Crippen LogP contribution < -0.4 is 4.74 Å². The Labute approximate surface area is 138 Å². The molecule has 0 aliphatic heterocycles. The number of likely N-dealkylation sites (N-methyl/N-ethyl adjacent to an activating group) is 1. The van der Waals surface area contributed by atoms with Crippen LogP contribution in [-0.4, -0.2) is 49.2 Å². The summed E-state index contributed by atoms with van der Waals surface area (Å²) in [5.74, 6) is 1.11. The van der Waals surface area contributed by atoms with Crippen LogP contribution in [0.1, 0.15) is 11.1 Å². The van der Waals surface area contributed by atoms with Crippen LogP contribution in [0.3, 0.4) is 0 Å². The fraction of sp³-hybridized carbons (Fsp3) is 0.368. The maximum absolute atomic E-state index is 9.65. The molecule has 0 spiro atoms. The molecule has 0 fully saturated rings. The summed E-state index contributed by atoms with van der Waals surface area (Å²) in [7, 11) is 6.09. The zero-order valence-corrected chi connectivity index (χ0v) is 14.2. The van der Waals surface area contributed by atoms with Gasteiger partial charge in [0.2, 0.25) is 0 Å². The van der Waals surface area contributed by atoms with Gasteiger partial charge in [-0.15, -0.1) is 0 Å². The van der Waals surface area contributed by atoms with E-state index >= 15 is 0 Å². The number of phenolic OH excluding ortho intramolecular Hbond substituents is 1. The zero-order valence-electron chi connectivity index (χ0n) is 14.2. The van der Waals surface area contributed by atoms with Gasteiger partial charge in [0.05, 0.1) is 0 Å². The van der Waals surface area contributed by atoms with Gasteiger partial charge in [-0.25, -0.2) is 0 Å². The fourth-order valence-electron chi connectivity index (χ4n) is 2.46. The largest absolute Gasteiger partial charge is 0.508 e. The molecule has 2 rings (SSSR count). The summed E-state index contributed by atoms with van der Waals surface area (Å²) in [5, 5.41) is 9.65. The van der Waals surface area contributed by atoms with E-state index in [4.69, 9.17) is 4.74 Å². The Morgan fingerprint density at radius 3 is 2.39 bits per heavy atom. The summed E-state index contributed by atoms with van der Waals surface area (Å²) in [4.78, 5) is 4.30. The van der Waals surface area contributed by atoms with Gasteiger partial charge in [-0.1, -0.05) is 30.3 Å². The van der Waals surface area contributed by atoms with E-state index in [1.165, 1.54) is 5.56 Å². The topological polar surface area (TPSA) is 35.9 Å². The van der Waals surface area contributed by atoms with E-state index in [-0.39, 0.29) is 5.75 Å². The zero-order chi connectivity index (χ0) is 16.7. The second-order valence-electron chi connectivity index (χ2n) is 6.10. The Kier molecular flexibility index (Phi) is 6.44. The number of nitrogens with zero attached hydrogens (tertiary/aromatic N) is 2. The molecule has 2 aromatic rings. The highest BCUT2D eigenvalue weighted by atomic mass is 16.5. The van der Waals surface area contributed by atoms with E-state index in [1.807, 2.05) is 26.2 Å². The van der Waals surface area contributed by atoms with E-state index in [1.54, 1.807) is 12.1 Å². The van der Waals surface area contributed by atoms with E-state index in [9.17, 15) is 5.11 Å². The van der Waals surface area contributed by atoms with Crippen molar-refractivity contribution in [3.05, 3.63) is 59.7 Å². The van der Waals surface area contributed by atoms with Crippen molar-refractivity contribution in [3.8, 4) is 11.5 Å². The quantitative estimate of drug-likeness (QED) is 0.812. The third-order valence-electron chi connectivity index (χ3n) is 3.56.